The summed E-state index contributed by atoms with van der Waals surface area (Å²) in [5.74, 6) is 0.153. The maximum atomic E-state index is 12.0. The highest BCUT2D eigenvalue weighted by molar-refractivity contribution is 6.07. The maximum Gasteiger partial charge on any atom is 0.318 e. The summed E-state index contributed by atoms with van der Waals surface area (Å²) in [6.07, 6.45) is 3.05. The van der Waals surface area contributed by atoms with Crippen molar-refractivity contribution in [2.45, 2.75) is 25.2 Å². The van der Waals surface area contributed by atoms with Gasteiger partial charge in [-0.2, -0.15) is 0 Å². The van der Waals surface area contributed by atoms with Gasteiger partial charge in [0.15, 0.2) is 0 Å². The fourth-order valence-corrected chi connectivity index (χ4v) is 2.33. The molecular formula is C15H19NO3. The Labute approximate surface area is 113 Å². The molecule has 0 spiro atoms. The van der Waals surface area contributed by atoms with Gasteiger partial charge in [-0.25, -0.2) is 0 Å². The number of carbonyl (C=O) groups is 1. The van der Waals surface area contributed by atoms with E-state index in [-0.39, 0.29) is 11.9 Å². The first kappa shape index (κ1) is 13.6. The van der Waals surface area contributed by atoms with Crippen LogP contribution in [0.1, 0.15) is 30.7 Å². The lowest BCUT2D eigenvalue weighted by molar-refractivity contribution is -0.140. The Hall–Kier alpha value is -1.84. The number of hydrogen-bond donors (Lipinski definition) is 0. The molecule has 2 rings (SSSR count). The molecule has 102 valence electrons. The summed E-state index contributed by atoms with van der Waals surface area (Å²) >= 11 is 0. The lowest BCUT2D eigenvalue weighted by Gasteiger charge is -2.20. The number of methoxy groups -OCH3 is 2. The van der Waals surface area contributed by atoms with Gasteiger partial charge in [0.25, 0.3) is 0 Å². The Morgan fingerprint density at radius 2 is 1.95 bits per heavy atom. The van der Waals surface area contributed by atoms with Crippen LogP contribution in [0.5, 0.6) is 5.75 Å². The molecule has 1 aliphatic heterocycles. The van der Waals surface area contributed by atoms with Gasteiger partial charge in [0.2, 0.25) is 0 Å². The molecule has 0 saturated carbocycles. The molecule has 1 heterocycles. The van der Waals surface area contributed by atoms with Crippen LogP contribution in [-0.4, -0.2) is 32.4 Å². The zero-order chi connectivity index (χ0) is 13.7. The average Bonchev–Trinajstić information content (AvgIpc) is 2.49. The number of hydrogen-bond acceptors (Lipinski definition) is 4. The van der Waals surface area contributed by atoms with Crippen molar-refractivity contribution < 1.29 is 14.3 Å². The molecule has 4 nitrogen and oxygen atoms in total. The predicted octanol–water partition coefficient (Wildman–Crippen LogP) is 2.58. The fraction of sp³-hybridized carbons (Fsp3) is 0.467. The Morgan fingerprint density at radius 1 is 1.21 bits per heavy atom. The Morgan fingerprint density at radius 3 is 2.47 bits per heavy atom. The summed E-state index contributed by atoms with van der Waals surface area (Å²) in [5, 5.41) is 0. The normalized spacial score (nSPS) is 16.4. The molecule has 0 fully saturated rings. The molecule has 4 heteroatoms. The van der Waals surface area contributed by atoms with Crippen LogP contribution in [0.3, 0.4) is 0 Å². The van der Waals surface area contributed by atoms with Crippen LogP contribution in [0.2, 0.25) is 0 Å². The van der Waals surface area contributed by atoms with Crippen molar-refractivity contribution in [3.05, 3.63) is 29.8 Å². The van der Waals surface area contributed by atoms with Crippen molar-refractivity contribution in [3.8, 4) is 5.75 Å². The Kier molecular flexibility index (Phi) is 4.55. The minimum absolute atomic E-state index is 0.245. The molecule has 0 aromatic heterocycles. The molecule has 1 atom stereocenters. The second-order valence-electron chi connectivity index (χ2n) is 4.56. The largest absolute Gasteiger partial charge is 0.497 e. The van der Waals surface area contributed by atoms with Crippen molar-refractivity contribution in [2.75, 3.05) is 20.8 Å². The third-order valence-corrected chi connectivity index (χ3v) is 3.38. The molecule has 0 radical (unpaired) electrons. The van der Waals surface area contributed by atoms with Gasteiger partial charge < -0.3 is 9.47 Å². The van der Waals surface area contributed by atoms with E-state index in [1.807, 2.05) is 24.3 Å². The fourth-order valence-electron chi connectivity index (χ4n) is 2.33. The van der Waals surface area contributed by atoms with Gasteiger partial charge in [-0.3, -0.25) is 9.79 Å². The molecule has 1 aromatic carbocycles. The van der Waals surface area contributed by atoms with Crippen molar-refractivity contribution in [1.29, 1.82) is 0 Å². The van der Waals surface area contributed by atoms with E-state index in [1.165, 1.54) is 7.11 Å². The zero-order valence-electron chi connectivity index (χ0n) is 11.4. The molecule has 0 N–H and O–H groups in total. The molecule has 1 aliphatic rings. The number of rotatable bonds is 4. The van der Waals surface area contributed by atoms with Gasteiger partial charge in [0, 0.05) is 12.3 Å². The number of ether oxygens (including phenoxy) is 2. The third-order valence-electron chi connectivity index (χ3n) is 3.38. The van der Waals surface area contributed by atoms with E-state index in [2.05, 4.69) is 4.99 Å². The predicted molar refractivity (Wildman–Crippen MR) is 73.9 cm³/mol. The van der Waals surface area contributed by atoms with Gasteiger partial charge >= 0.3 is 5.97 Å². The topological polar surface area (TPSA) is 47.9 Å². The summed E-state index contributed by atoms with van der Waals surface area (Å²) in [4.78, 5) is 16.5. The average molecular weight is 261 g/mol. The van der Waals surface area contributed by atoms with Crippen molar-refractivity contribution in [1.82, 2.24) is 0 Å². The van der Waals surface area contributed by atoms with E-state index in [0.29, 0.717) is 0 Å². The van der Waals surface area contributed by atoms with E-state index in [9.17, 15) is 4.79 Å². The Bertz CT molecular complexity index is 465. The monoisotopic (exact) mass is 261 g/mol. The number of benzene rings is 1. The number of nitrogens with zero attached hydrogens (tertiary/aromatic N) is 1. The SMILES string of the molecule is COC(=O)C(C1=NCCCC1)c1ccc(OC)cc1. The zero-order valence-corrected chi connectivity index (χ0v) is 11.4. The van der Waals surface area contributed by atoms with Crippen LogP contribution in [0.15, 0.2) is 29.3 Å². The molecule has 0 amide bonds. The second kappa shape index (κ2) is 6.36. The maximum absolute atomic E-state index is 12.0. The summed E-state index contributed by atoms with van der Waals surface area (Å²) < 4.78 is 10.1. The molecule has 1 unspecified atom stereocenters. The van der Waals surface area contributed by atoms with Gasteiger partial charge in [-0.15, -0.1) is 0 Å². The highest BCUT2D eigenvalue weighted by Gasteiger charge is 2.27. The van der Waals surface area contributed by atoms with Crippen molar-refractivity contribution >= 4 is 11.7 Å². The minimum Gasteiger partial charge on any atom is -0.497 e. The first-order valence-corrected chi connectivity index (χ1v) is 6.51. The molecular weight excluding hydrogens is 242 g/mol. The minimum atomic E-state index is -0.379. The highest BCUT2D eigenvalue weighted by Crippen LogP contribution is 2.26. The summed E-state index contributed by atoms with van der Waals surface area (Å²) in [6.45, 7) is 0.805. The van der Waals surface area contributed by atoms with Gasteiger partial charge in [-0.1, -0.05) is 12.1 Å². The summed E-state index contributed by atoms with van der Waals surface area (Å²) in [7, 11) is 3.04. The van der Waals surface area contributed by atoms with Crippen molar-refractivity contribution in [3.63, 3.8) is 0 Å². The molecule has 0 saturated heterocycles. The number of carbonyl (C=O) groups excluding carboxylic acids is 1. The quantitative estimate of drug-likeness (QED) is 0.783. The van der Waals surface area contributed by atoms with Crippen LogP contribution in [0.25, 0.3) is 0 Å². The molecule has 19 heavy (non-hydrogen) atoms. The third kappa shape index (κ3) is 3.13. The molecule has 1 aromatic rings. The van der Waals surface area contributed by atoms with Gasteiger partial charge in [0.1, 0.15) is 11.7 Å². The van der Waals surface area contributed by atoms with Gasteiger partial charge in [-0.05, 0) is 37.0 Å². The molecule has 0 aliphatic carbocycles. The van der Waals surface area contributed by atoms with Crippen LogP contribution in [0, 0.1) is 0 Å². The van der Waals surface area contributed by atoms with Gasteiger partial charge in [0.05, 0.1) is 14.2 Å². The smallest absolute Gasteiger partial charge is 0.318 e. The van der Waals surface area contributed by atoms with Crippen LogP contribution < -0.4 is 4.74 Å². The first-order chi connectivity index (χ1) is 9.26. The second-order valence-corrected chi connectivity index (χ2v) is 4.56. The van der Waals surface area contributed by atoms with E-state index in [0.717, 1.165) is 42.8 Å². The number of esters is 1. The van der Waals surface area contributed by atoms with Crippen LogP contribution >= 0.6 is 0 Å². The molecule has 0 bridgehead atoms. The lowest BCUT2D eigenvalue weighted by atomic mass is 9.89. The Balaban J connectivity index is 2.30. The lowest BCUT2D eigenvalue weighted by Crippen LogP contribution is -2.25. The first-order valence-electron chi connectivity index (χ1n) is 6.51. The van der Waals surface area contributed by atoms with Crippen LogP contribution in [-0.2, 0) is 9.53 Å². The standard InChI is InChI=1S/C15H19NO3/c1-18-12-8-6-11(7-9-12)14(15(17)19-2)13-5-3-4-10-16-13/h6-9,14H,3-5,10H2,1-2H3. The summed E-state index contributed by atoms with van der Waals surface area (Å²) in [6, 6.07) is 7.51. The van der Waals surface area contributed by atoms with E-state index in [4.69, 9.17) is 9.47 Å². The summed E-state index contributed by atoms with van der Waals surface area (Å²) in [5.41, 5.74) is 1.84. The van der Waals surface area contributed by atoms with E-state index >= 15 is 0 Å². The van der Waals surface area contributed by atoms with Crippen molar-refractivity contribution in [2.24, 2.45) is 4.99 Å². The van der Waals surface area contributed by atoms with E-state index in [1.54, 1.807) is 7.11 Å². The highest BCUT2D eigenvalue weighted by atomic mass is 16.5. The van der Waals surface area contributed by atoms with Crippen LogP contribution in [0.4, 0.5) is 0 Å². The van der Waals surface area contributed by atoms with E-state index < -0.39 is 0 Å². The number of aliphatic imine (C=N–C) groups is 1.